The Morgan fingerprint density at radius 2 is 2.00 bits per heavy atom. The van der Waals surface area contributed by atoms with Crippen molar-refractivity contribution in [3.63, 3.8) is 0 Å². The number of amides is 1. The quantitative estimate of drug-likeness (QED) is 0.792. The van der Waals surface area contributed by atoms with Crippen LogP contribution in [0.3, 0.4) is 0 Å². The molecular weight excluding hydrogens is 306 g/mol. The molecule has 1 aliphatic heterocycles. The van der Waals surface area contributed by atoms with E-state index < -0.39 is 0 Å². The Morgan fingerprint density at radius 1 is 1.17 bits per heavy atom. The van der Waals surface area contributed by atoms with E-state index in [1.807, 2.05) is 17.2 Å². The molecule has 3 rings (SSSR count). The standard InChI is InChI=1S/C18H27N3OS/c1-14(2)23-17-11-15(12-19-13-17)18(22)21-8-4-7-20(9-10-21)16-5-3-6-16/h11-14,16H,3-10H2,1-2H3. The van der Waals surface area contributed by atoms with Crippen LogP contribution in [0.5, 0.6) is 0 Å². The molecule has 126 valence electrons. The van der Waals surface area contributed by atoms with Gasteiger partial charge >= 0.3 is 0 Å². The van der Waals surface area contributed by atoms with Crippen LogP contribution in [-0.2, 0) is 0 Å². The van der Waals surface area contributed by atoms with Gasteiger partial charge in [-0.1, -0.05) is 20.3 Å². The summed E-state index contributed by atoms with van der Waals surface area (Å²) in [5, 5.41) is 0.497. The van der Waals surface area contributed by atoms with Crippen LogP contribution in [0.2, 0.25) is 0 Å². The number of rotatable bonds is 4. The van der Waals surface area contributed by atoms with Crippen molar-refractivity contribution in [3.8, 4) is 0 Å². The van der Waals surface area contributed by atoms with Crippen molar-refractivity contribution in [2.24, 2.45) is 0 Å². The normalized spacial score (nSPS) is 20.4. The Balaban J connectivity index is 1.63. The number of carbonyl (C=O) groups excluding carboxylic acids is 1. The molecule has 1 aliphatic carbocycles. The summed E-state index contributed by atoms with van der Waals surface area (Å²) in [4.78, 5) is 22.7. The molecule has 1 amide bonds. The first kappa shape index (κ1) is 16.8. The molecule has 0 atom stereocenters. The smallest absolute Gasteiger partial charge is 0.255 e. The molecule has 0 radical (unpaired) electrons. The first-order valence-corrected chi connectivity index (χ1v) is 9.66. The highest BCUT2D eigenvalue weighted by Gasteiger charge is 2.28. The Morgan fingerprint density at radius 3 is 2.70 bits per heavy atom. The van der Waals surface area contributed by atoms with Crippen molar-refractivity contribution >= 4 is 17.7 Å². The summed E-state index contributed by atoms with van der Waals surface area (Å²) in [5.41, 5.74) is 0.729. The zero-order valence-corrected chi connectivity index (χ0v) is 15.0. The second-order valence-electron chi connectivity index (χ2n) is 6.84. The van der Waals surface area contributed by atoms with E-state index in [2.05, 4.69) is 23.7 Å². The second kappa shape index (κ2) is 7.67. The average molecular weight is 334 g/mol. The van der Waals surface area contributed by atoms with Gasteiger partial charge in [0.25, 0.3) is 5.91 Å². The van der Waals surface area contributed by atoms with Gasteiger partial charge in [0.15, 0.2) is 0 Å². The summed E-state index contributed by atoms with van der Waals surface area (Å²) in [6.45, 7) is 8.17. The molecule has 1 saturated heterocycles. The minimum Gasteiger partial charge on any atom is -0.337 e. The summed E-state index contributed by atoms with van der Waals surface area (Å²) in [7, 11) is 0. The molecule has 0 N–H and O–H groups in total. The maximum Gasteiger partial charge on any atom is 0.255 e. The molecule has 0 bridgehead atoms. The van der Waals surface area contributed by atoms with Gasteiger partial charge in [0.1, 0.15) is 0 Å². The maximum atomic E-state index is 12.8. The van der Waals surface area contributed by atoms with Crippen molar-refractivity contribution < 1.29 is 4.79 Å². The average Bonchev–Trinajstić information content (AvgIpc) is 2.70. The van der Waals surface area contributed by atoms with Gasteiger partial charge in [-0.25, -0.2) is 0 Å². The molecular formula is C18H27N3OS. The molecule has 1 aromatic heterocycles. The monoisotopic (exact) mass is 333 g/mol. The van der Waals surface area contributed by atoms with Gasteiger partial charge < -0.3 is 4.90 Å². The van der Waals surface area contributed by atoms with Gasteiger partial charge in [-0.3, -0.25) is 14.7 Å². The van der Waals surface area contributed by atoms with E-state index in [4.69, 9.17) is 0 Å². The number of aromatic nitrogens is 1. The molecule has 2 aliphatic rings. The lowest BCUT2D eigenvalue weighted by atomic mass is 9.91. The van der Waals surface area contributed by atoms with E-state index in [0.717, 1.165) is 49.1 Å². The van der Waals surface area contributed by atoms with Gasteiger partial charge in [0.2, 0.25) is 0 Å². The first-order chi connectivity index (χ1) is 11.1. The maximum absolute atomic E-state index is 12.8. The highest BCUT2D eigenvalue weighted by Crippen LogP contribution is 2.26. The number of thioether (sulfide) groups is 1. The van der Waals surface area contributed by atoms with Crippen LogP contribution in [0, 0.1) is 0 Å². The Bertz CT molecular complexity index is 545. The first-order valence-electron chi connectivity index (χ1n) is 8.78. The Labute approximate surface area is 143 Å². The van der Waals surface area contributed by atoms with Crippen molar-refractivity contribution in [2.75, 3.05) is 26.2 Å². The molecule has 1 aromatic rings. The zero-order chi connectivity index (χ0) is 16.2. The van der Waals surface area contributed by atoms with Crippen LogP contribution < -0.4 is 0 Å². The van der Waals surface area contributed by atoms with E-state index >= 15 is 0 Å². The second-order valence-corrected chi connectivity index (χ2v) is 8.49. The zero-order valence-electron chi connectivity index (χ0n) is 14.2. The molecule has 4 nitrogen and oxygen atoms in total. The topological polar surface area (TPSA) is 36.4 Å². The summed E-state index contributed by atoms with van der Waals surface area (Å²) in [6.07, 6.45) is 8.69. The molecule has 2 heterocycles. The predicted molar refractivity (Wildman–Crippen MR) is 95.0 cm³/mol. The van der Waals surface area contributed by atoms with E-state index in [-0.39, 0.29) is 5.91 Å². The molecule has 1 saturated carbocycles. The highest BCUT2D eigenvalue weighted by atomic mass is 32.2. The van der Waals surface area contributed by atoms with Gasteiger partial charge in [-0.2, -0.15) is 0 Å². The van der Waals surface area contributed by atoms with Crippen LogP contribution in [0.1, 0.15) is 49.9 Å². The number of hydrogen-bond acceptors (Lipinski definition) is 4. The third-order valence-electron chi connectivity index (χ3n) is 4.74. The van der Waals surface area contributed by atoms with E-state index in [1.54, 1.807) is 18.0 Å². The molecule has 0 aromatic carbocycles. The van der Waals surface area contributed by atoms with Crippen LogP contribution >= 0.6 is 11.8 Å². The van der Waals surface area contributed by atoms with E-state index in [1.165, 1.54) is 19.3 Å². The van der Waals surface area contributed by atoms with Crippen molar-refractivity contribution in [1.29, 1.82) is 0 Å². The van der Waals surface area contributed by atoms with Crippen LogP contribution in [0.25, 0.3) is 0 Å². The fourth-order valence-electron chi connectivity index (χ4n) is 3.31. The predicted octanol–water partition coefficient (Wildman–Crippen LogP) is 3.28. The minimum atomic E-state index is 0.138. The molecule has 0 unspecified atom stereocenters. The lowest BCUT2D eigenvalue weighted by molar-refractivity contribution is 0.0749. The Hall–Kier alpha value is -1.07. The lowest BCUT2D eigenvalue weighted by Crippen LogP contribution is -2.42. The summed E-state index contributed by atoms with van der Waals surface area (Å²) < 4.78 is 0. The summed E-state index contributed by atoms with van der Waals surface area (Å²) >= 11 is 1.75. The molecule has 2 fully saturated rings. The lowest BCUT2D eigenvalue weighted by Gasteiger charge is -2.36. The van der Waals surface area contributed by atoms with Gasteiger partial charge in [-0.15, -0.1) is 11.8 Å². The molecule has 23 heavy (non-hydrogen) atoms. The largest absolute Gasteiger partial charge is 0.337 e. The SMILES string of the molecule is CC(C)Sc1cncc(C(=O)N2CCCN(C3CCC3)CC2)c1. The highest BCUT2D eigenvalue weighted by molar-refractivity contribution is 7.99. The van der Waals surface area contributed by atoms with E-state index in [9.17, 15) is 4.79 Å². The third kappa shape index (κ3) is 4.27. The fourth-order valence-corrected chi connectivity index (χ4v) is 4.17. The van der Waals surface area contributed by atoms with Crippen molar-refractivity contribution in [1.82, 2.24) is 14.8 Å². The molecule has 0 spiro atoms. The van der Waals surface area contributed by atoms with E-state index in [0.29, 0.717) is 5.25 Å². The third-order valence-corrected chi connectivity index (χ3v) is 5.71. The van der Waals surface area contributed by atoms with Crippen molar-refractivity contribution in [2.45, 2.75) is 55.7 Å². The van der Waals surface area contributed by atoms with Gasteiger partial charge in [0.05, 0.1) is 5.56 Å². The number of hydrogen-bond donors (Lipinski definition) is 0. The summed E-state index contributed by atoms with van der Waals surface area (Å²) in [6, 6.07) is 2.77. The van der Waals surface area contributed by atoms with Crippen molar-refractivity contribution in [3.05, 3.63) is 24.0 Å². The fraction of sp³-hybridized carbons (Fsp3) is 0.667. The van der Waals surface area contributed by atoms with Gasteiger partial charge in [0, 0.05) is 54.8 Å². The van der Waals surface area contributed by atoms with Gasteiger partial charge in [-0.05, 0) is 25.3 Å². The summed E-state index contributed by atoms with van der Waals surface area (Å²) in [5.74, 6) is 0.138. The Kier molecular flexibility index (Phi) is 5.59. The van der Waals surface area contributed by atoms with Crippen LogP contribution in [-0.4, -0.2) is 58.2 Å². The number of pyridine rings is 1. The van der Waals surface area contributed by atoms with Crippen LogP contribution in [0.15, 0.2) is 23.4 Å². The minimum absolute atomic E-state index is 0.138. The molecule has 5 heteroatoms. The van der Waals surface area contributed by atoms with Crippen LogP contribution in [0.4, 0.5) is 0 Å². The number of carbonyl (C=O) groups is 1. The number of nitrogens with zero attached hydrogens (tertiary/aromatic N) is 3.